The summed E-state index contributed by atoms with van der Waals surface area (Å²) in [5, 5.41) is 0. The predicted octanol–water partition coefficient (Wildman–Crippen LogP) is 4.94. The second-order valence-electron chi connectivity index (χ2n) is 10.3. The van der Waals surface area contributed by atoms with E-state index < -0.39 is 12.0 Å². The molecule has 5 rings (SSSR count). The lowest BCUT2D eigenvalue weighted by Crippen LogP contribution is -2.40. The van der Waals surface area contributed by atoms with Gasteiger partial charge in [0.05, 0.1) is 56.4 Å². The molecule has 1 aliphatic heterocycles. The number of nitrogens with zero attached hydrogens (tertiary/aromatic N) is 2. The zero-order valence-corrected chi connectivity index (χ0v) is 27.7. The number of fused-ring (bicyclic) bond motifs is 1. The van der Waals surface area contributed by atoms with Crippen molar-refractivity contribution < 1.29 is 37.6 Å². The summed E-state index contributed by atoms with van der Waals surface area (Å²) in [6, 6.07) is 14.0. The highest BCUT2D eigenvalue weighted by Crippen LogP contribution is 2.42. The van der Waals surface area contributed by atoms with Crippen LogP contribution in [0, 0.1) is 5.82 Å². The number of carbonyl (C=O) groups excluding carboxylic acids is 1. The zero-order chi connectivity index (χ0) is 33.7. The van der Waals surface area contributed by atoms with Gasteiger partial charge in [0, 0.05) is 0 Å². The van der Waals surface area contributed by atoms with Gasteiger partial charge < -0.3 is 28.4 Å². The van der Waals surface area contributed by atoms with Crippen LogP contribution in [-0.2, 0) is 16.1 Å². The largest absolute Gasteiger partial charge is 0.493 e. The summed E-state index contributed by atoms with van der Waals surface area (Å²) in [6.45, 7) is 6.06. The summed E-state index contributed by atoms with van der Waals surface area (Å²) >= 11 is 1.20. The molecule has 0 aliphatic carbocycles. The fourth-order valence-corrected chi connectivity index (χ4v) is 6.31. The normalized spacial score (nSPS) is 14.3. The molecule has 246 valence electrons. The van der Waals surface area contributed by atoms with Gasteiger partial charge in [0.25, 0.3) is 5.56 Å². The van der Waals surface area contributed by atoms with Crippen LogP contribution in [0.5, 0.6) is 28.7 Å². The van der Waals surface area contributed by atoms with Crippen molar-refractivity contribution >= 4 is 23.4 Å². The number of rotatable bonds is 12. The van der Waals surface area contributed by atoms with Crippen molar-refractivity contribution in [1.82, 2.24) is 4.57 Å². The van der Waals surface area contributed by atoms with Crippen LogP contribution in [0.2, 0.25) is 0 Å². The van der Waals surface area contributed by atoms with Crippen molar-refractivity contribution in [3.8, 4) is 28.7 Å². The molecule has 1 aromatic heterocycles. The van der Waals surface area contributed by atoms with Gasteiger partial charge in [-0.1, -0.05) is 29.5 Å². The van der Waals surface area contributed by atoms with Crippen molar-refractivity contribution in [2.24, 2.45) is 4.99 Å². The number of esters is 1. The van der Waals surface area contributed by atoms with E-state index in [1.54, 1.807) is 56.3 Å². The molecule has 0 spiro atoms. The Morgan fingerprint density at radius 1 is 0.915 bits per heavy atom. The van der Waals surface area contributed by atoms with Gasteiger partial charge in [0.15, 0.2) is 27.8 Å². The van der Waals surface area contributed by atoms with Gasteiger partial charge in [-0.15, -0.1) is 0 Å². The minimum absolute atomic E-state index is 0.147. The number of allylic oxidation sites excluding steroid dienone is 1. The quantitative estimate of drug-likeness (QED) is 0.197. The van der Waals surface area contributed by atoms with Crippen LogP contribution in [0.1, 0.15) is 43.5 Å². The van der Waals surface area contributed by atoms with E-state index in [1.807, 2.05) is 13.0 Å². The van der Waals surface area contributed by atoms with Crippen molar-refractivity contribution in [2.45, 2.75) is 33.4 Å². The molecule has 0 fully saturated rings. The fraction of sp³-hybridized carbons (Fsp3) is 0.286. The smallest absolute Gasteiger partial charge is 0.338 e. The van der Waals surface area contributed by atoms with Crippen LogP contribution >= 0.6 is 11.3 Å². The topological polar surface area (TPSA) is 107 Å². The van der Waals surface area contributed by atoms with Crippen LogP contribution in [-0.4, -0.2) is 45.1 Å². The maximum Gasteiger partial charge on any atom is 0.338 e. The molecule has 10 nitrogen and oxygen atoms in total. The molecule has 47 heavy (non-hydrogen) atoms. The first-order valence-electron chi connectivity index (χ1n) is 14.9. The van der Waals surface area contributed by atoms with Gasteiger partial charge in [-0.25, -0.2) is 14.2 Å². The van der Waals surface area contributed by atoms with E-state index in [9.17, 15) is 14.0 Å². The number of hydrogen-bond acceptors (Lipinski definition) is 10. The lowest BCUT2D eigenvalue weighted by molar-refractivity contribution is -0.139. The van der Waals surface area contributed by atoms with Crippen molar-refractivity contribution in [3.63, 3.8) is 0 Å². The van der Waals surface area contributed by atoms with Crippen molar-refractivity contribution in [2.75, 3.05) is 34.5 Å². The number of aromatic nitrogens is 1. The van der Waals surface area contributed by atoms with Crippen LogP contribution in [0.3, 0.4) is 0 Å². The van der Waals surface area contributed by atoms with Crippen LogP contribution < -0.4 is 38.6 Å². The lowest BCUT2D eigenvalue weighted by Gasteiger charge is -2.26. The van der Waals surface area contributed by atoms with E-state index in [2.05, 4.69) is 4.99 Å². The summed E-state index contributed by atoms with van der Waals surface area (Å²) < 4.78 is 49.1. The minimum atomic E-state index is -0.887. The summed E-state index contributed by atoms with van der Waals surface area (Å²) in [6.07, 6.45) is 1.74. The summed E-state index contributed by atoms with van der Waals surface area (Å²) in [5.41, 5.74) is 2.34. The molecule has 0 saturated carbocycles. The minimum Gasteiger partial charge on any atom is -0.493 e. The van der Waals surface area contributed by atoms with Gasteiger partial charge in [-0.3, -0.25) is 9.36 Å². The molecule has 1 aliphatic rings. The summed E-state index contributed by atoms with van der Waals surface area (Å²) in [5.74, 6) is 1.21. The molecule has 1 atom stereocenters. The fourth-order valence-electron chi connectivity index (χ4n) is 5.26. The Morgan fingerprint density at radius 3 is 2.23 bits per heavy atom. The number of halogens is 1. The average Bonchev–Trinajstić information content (AvgIpc) is 3.37. The van der Waals surface area contributed by atoms with E-state index in [4.69, 9.17) is 28.4 Å². The zero-order valence-electron chi connectivity index (χ0n) is 26.9. The maximum absolute atomic E-state index is 14.2. The number of ether oxygens (including phenoxy) is 6. The molecule has 12 heteroatoms. The number of methoxy groups -OCH3 is 3. The monoisotopic (exact) mass is 662 g/mol. The number of thiazole rings is 1. The second-order valence-corrected chi connectivity index (χ2v) is 11.3. The van der Waals surface area contributed by atoms with E-state index in [-0.39, 0.29) is 30.2 Å². The van der Waals surface area contributed by atoms with Crippen molar-refractivity contribution in [3.05, 3.63) is 108 Å². The Labute approximate surface area is 274 Å². The van der Waals surface area contributed by atoms with Crippen LogP contribution in [0.25, 0.3) is 6.08 Å². The Hall–Kier alpha value is -5.10. The first kappa shape index (κ1) is 33.3. The molecular formula is C35H35FN2O8S. The standard InChI is InChI=1S/C35H35FN2O8S/c1-7-44-26-15-22(11-14-25(26)46-19-21-9-12-24(36)13-10-21)16-29-33(39)38-31(23-17-27(41-4)32(43-6)28(18-23)42-5)30(34(40)45-8-2)20(3)37-35(38)47-29/h9-18,31H,7-8,19H2,1-6H3. The Balaban J connectivity index is 1.61. The van der Waals surface area contributed by atoms with Crippen LogP contribution in [0.4, 0.5) is 4.39 Å². The van der Waals surface area contributed by atoms with E-state index in [0.29, 0.717) is 61.5 Å². The Bertz CT molecular complexity index is 1970. The highest BCUT2D eigenvalue weighted by atomic mass is 32.1. The number of carbonyl (C=O) groups is 1. The third-order valence-corrected chi connectivity index (χ3v) is 8.38. The van der Waals surface area contributed by atoms with Gasteiger partial charge in [-0.05, 0) is 79.9 Å². The third kappa shape index (κ3) is 6.87. The molecule has 0 amide bonds. The maximum atomic E-state index is 14.2. The van der Waals surface area contributed by atoms with Crippen LogP contribution in [0.15, 0.2) is 75.7 Å². The first-order chi connectivity index (χ1) is 22.7. The van der Waals surface area contributed by atoms with E-state index in [1.165, 1.54) is 49.4 Å². The molecule has 3 aromatic carbocycles. The van der Waals surface area contributed by atoms with Gasteiger partial charge in [0.1, 0.15) is 12.4 Å². The van der Waals surface area contributed by atoms with E-state index in [0.717, 1.165) is 5.56 Å². The average molecular weight is 663 g/mol. The Morgan fingerprint density at radius 2 is 1.62 bits per heavy atom. The molecular weight excluding hydrogens is 627 g/mol. The highest BCUT2D eigenvalue weighted by Gasteiger charge is 2.34. The predicted molar refractivity (Wildman–Crippen MR) is 175 cm³/mol. The van der Waals surface area contributed by atoms with Gasteiger partial charge in [0.2, 0.25) is 5.75 Å². The van der Waals surface area contributed by atoms with E-state index >= 15 is 0 Å². The van der Waals surface area contributed by atoms with Gasteiger partial charge in [-0.2, -0.15) is 0 Å². The summed E-state index contributed by atoms with van der Waals surface area (Å²) in [7, 11) is 4.49. The molecule has 4 aromatic rings. The number of hydrogen-bond donors (Lipinski definition) is 0. The molecule has 0 saturated heterocycles. The lowest BCUT2D eigenvalue weighted by atomic mass is 9.95. The third-order valence-electron chi connectivity index (χ3n) is 7.39. The number of benzene rings is 3. The molecule has 1 unspecified atom stereocenters. The first-order valence-corrected chi connectivity index (χ1v) is 15.7. The highest BCUT2D eigenvalue weighted by molar-refractivity contribution is 7.07. The molecule has 0 bridgehead atoms. The SMILES string of the molecule is CCOC(=O)C1=C(C)N=c2sc(=Cc3ccc(OCc4ccc(F)cc4)c(OCC)c3)c(=O)n2C1c1cc(OC)c(OC)c(OC)c1. The molecule has 0 radical (unpaired) electrons. The Kier molecular flexibility index (Phi) is 10.3. The summed E-state index contributed by atoms with van der Waals surface area (Å²) in [4.78, 5) is 32.6. The molecule has 0 N–H and O–H groups in total. The molecule has 2 heterocycles. The van der Waals surface area contributed by atoms with Gasteiger partial charge >= 0.3 is 5.97 Å². The van der Waals surface area contributed by atoms with Crippen molar-refractivity contribution in [1.29, 1.82) is 0 Å². The second kappa shape index (κ2) is 14.5.